The molecule has 0 nitrogen and oxygen atoms in total. The Morgan fingerprint density at radius 2 is 0.860 bits per heavy atom. The fraction of sp³-hybridized carbons (Fsp3) is 0.200. The summed E-state index contributed by atoms with van der Waals surface area (Å²) in [4.78, 5) is 1.16. The molecule has 2 aliphatic heterocycles. The van der Waals surface area contributed by atoms with E-state index in [0.29, 0.717) is 9.81 Å². The zero-order valence-electron chi connectivity index (χ0n) is 22.8. The highest BCUT2D eigenvalue weighted by molar-refractivity contribution is 8.14. The highest BCUT2D eigenvalue weighted by atomic mass is 32.2. The molecular weight excluding hydrogens is 599 g/mol. The maximum absolute atomic E-state index is 15.8. The number of hydrogen-bond donors (Lipinski definition) is 0. The van der Waals surface area contributed by atoms with Crippen LogP contribution in [0.5, 0.6) is 0 Å². The molecule has 1 saturated carbocycles. The Labute approximate surface area is 252 Å². The lowest BCUT2D eigenvalue weighted by molar-refractivity contribution is -0.258. The standard InChI is InChI=1S/C35H22F6S2/c1-31-25(17-27(42-31)23-15-7-11-19-9-3-5-13-21(19)23)29-30(34(38,39)35(40,41)33(29,36)37)26-18-28(43-32(26,31)2)24-16-8-12-20-10-4-6-14-22(20)24/h3-18H,1-2H3/t31-,32+. The van der Waals surface area contributed by atoms with Crippen LogP contribution in [0.1, 0.15) is 25.0 Å². The molecule has 1 fully saturated rings. The van der Waals surface area contributed by atoms with E-state index in [-0.39, 0.29) is 11.1 Å². The van der Waals surface area contributed by atoms with E-state index in [1.54, 1.807) is 13.8 Å². The summed E-state index contributed by atoms with van der Waals surface area (Å²) in [6.07, 6.45) is 2.90. The van der Waals surface area contributed by atoms with Crippen molar-refractivity contribution in [1.82, 2.24) is 0 Å². The van der Waals surface area contributed by atoms with Crippen LogP contribution in [0.4, 0.5) is 26.3 Å². The summed E-state index contributed by atoms with van der Waals surface area (Å²) in [6.45, 7) is 3.45. The van der Waals surface area contributed by atoms with E-state index in [9.17, 15) is 0 Å². The Morgan fingerprint density at radius 3 is 1.28 bits per heavy atom. The number of hydrogen-bond acceptors (Lipinski definition) is 2. The molecule has 0 radical (unpaired) electrons. The van der Waals surface area contributed by atoms with Gasteiger partial charge in [-0.2, -0.15) is 26.3 Å². The molecule has 0 aromatic heterocycles. The number of halogens is 6. The van der Waals surface area contributed by atoms with Crippen molar-refractivity contribution < 1.29 is 26.3 Å². The van der Waals surface area contributed by atoms with Gasteiger partial charge >= 0.3 is 17.8 Å². The van der Waals surface area contributed by atoms with Gasteiger partial charge in [-0.1, -0.05) is 84.9 Å². The summed E-state index contributed by atoms with van der Waals surface area (Å²) in [5, 5.41) is 3.56. The van der Waals surface area contributed by atoms with Crippen LogP contribution < -0.4 is 0 Å². The second kappa shape index (κ2) is 8.42. The van der Waals surface area contributed by atoms with Crippen LogP contribution in [0.25, 0.3) is 31.4 Å². The molecule has 0 amide bonds. The average molecular weight is 621 g/mol. The molecular formula is C35H22F6S2. The minimum Gasteiger partial charge on any atom is -0.194 e. The molecule has 2 atom stereocenters. The van der Waals surface area contributed by atoms with Gasteiger partial charge in [-0.15, -0.1) is 23.5 Å². The first-order chi connectivity index (χ1) is 20.3. The van der Waals surface area contributed by atoms with E-state index < -0.39 is 38.4 Å². The predicted molar refractivity (Wildman–Crippen MR) is 165 cm³/mol. The monoisotopic (exact) mass is 620 g/mol. The van der Waals surface area contributed by atoms with Gasteiger partial charge in [-0.3, -0.25) is 0 Å². The highest BCUT2D eigenvalue weighted by Gasteiger charge is 2.84. The zero-order valence-corrected chi connectivity index (χ0v) is 24.5. The lowest BCUT2D eigenvalue weighted by Gasteiger charge is -2.47. The largest absolute Gasteiger partial charge is 0.380 e. The van der Waals surface area contributed by atoms with E-state index >= 15 is 26.3 Å². The van der Waals surface area contributed by atoms with Gasteiger partial charge in [-0.25, -0.2) is 0 Å². The molecule has 0 N–H and O–H groups in total. The first-order valence-corrected chi connectivity index (χ1v) is 15.4. The van der Waals surface area contributed by atoms with Crippen molar-refractivity contribution in [2.45, 2.75) is 41.1 Å². The van der Waals surface area contributed by atoms with Crippen molar-refractivity contribution in [3.05, 3.63) is 131 Å². The number of allylic oxidation sites excluding steroid dienone is 4. The van der Waals surface area contributed by atoms with Crippen LogP contribution >= 0.6 is 23.5 Å². The van der Waals surface area contributed by atoms with Gasteiger partial charge in [0, 0.05) is 21.0 Å². The van der Waals surface area contributed by atoms with Gasteiger partial charge in [-0.05, 0) is 69.8 Å². The van der Waals surface area contributed by atoms with Gasteiger partial charge in [0.2, 0.25) is 0 Å². The topological polar surface area (TPSA) is 0 Å². The van der Waals surface area contributed by atoms with Crippen molar-refractivity contribution >= 4 is 54.9 Å². The summed E-state index contributed by atoms with van der Waals surface area (Å²) in [5.41, 5.74) is -1.33. The maximum atomic E-state index is 15.8. The zero-order chi connectivity index (χ0) is 30.2. The van der Waals surface area contributed by atoms with Crippen molar-refractivity contribution in [3.63, 3.8) is 0 Å². The van der Waals surface area contributed by atoms with Gasteiger partial charge in [0.05, 0.1) is 9.49 Å². The number of thioether (sulfide) groups is 2. The smallest absolute Gasteiger partial charge is 0.194 e. The molecule has 8 rings (SSSR count). The summed E-state index contributed by atoms with van der Waals surface area (Å²) in [6, 6.07) is 26.4. The molecule has 0 bridgehead atoms. The molecule has 4 aromatic rings. The molecule has 8 heteroatoms. The predicted octanol–water partition coefficient (Wildman–Crippen LogP) is 10.9. The molecule has 0 saturated heterocycles. The molecule has 0 spiro atoms. The van der Waals surface area contributed by atoms with Crippen LogP contribution in [0.15, 0.2) is 119 Å². The minimum absolute atomic E-state index is 0.163. The van der Waals surface area contributed by atoms with E-state index in [1.165, 1.54) is 35.7 Å². The van der Waals surface area contributed by atoms with Crippen LogP contribution in [0.3, 0.4) is 0 Å². The first kappa shape index (κ1) is 27.2. The molecule has 2 aliphatic carbocycles. The lowest BCUT2D eigenvalue weighted by atomic mass is 9.71. The fourth-order valence-electron chi connectivity index (χ4n) is 7.06. The van der Waals surface area contributed by atoms with Gasteiger partial charge < -0.3 is 0 Å². The number of alkyl halides is 6. The van der Waals surface area contributed by atoms with E-state index in [4.69, 9.17) is 0 Å². The number of rotatable bonds is 2. The fourth-order valence-corrected chi connectivity index (χ4v) is 10.3. The van der Waals surface area contributed by atoms with Crippen molar-refractivity contribution in [3.8, 4) is 0 Å². The SMILES string of the molecule is C[C@]12SC(c3cccc4ccccc34)=CC1=C1C(=C3C=C(c4cccc5ccccc45)S[C@]32C)C(F)(F)C(F)(F)C1(F)F. The van der Waals surface area contributed by atoms with Gasteiger partial charge in [0.1, 0.15) is 0 Å². The van der Waals surface area contributed by atoms with Gasteiger partial charge in [0.15, 0.2) is 0 Å². The highest BCUT2D eigenvalue weighted by Crippen LogP contribution is 2.75. The third kappa shape index (κ3) is 3.18. The molecule has 0 unspecified atom stereocenters. The van der Waals surface area contributed by atoms with E-state index in [1.807, 2.05) is 84.9 Å². The Bertz CT molecular complexity index is 1900. The summed E-state index contributed by atoms with van der Waals surface area (Å²) >= 11 is 2.57. The van der Waals surface area contributed by atoms with Crippen LogP contribution in [-0.2, 0) is 0 Å². The molecule has 4 aliphatic rings. The molecule has 2 heterocycles. The van der Waals surface area contributed by atoms with E-state index in [2.05, 4.69) is 0 Å². The molecule has 43 heavy (non-hydrogen) atoms. The third-order valence-electron chi connectivity index (χ3n) is 9.43. The minimum atomic E-state index is -5.59. The average Bonchev–Trinajstić information content (AvgIpc) is 3.56. The Morgan fingerprint density at radius 1 is 0.488 bits per heavy atom. The maximum Gasteiger partial charge on any atom is 0.380 e. The number of benzene rings is 4. The Balaban J connectivity index is 1.42. The molecule has 216 valence electrons. The second-order valence-corrected chi connectivity index (χ2v) is 14.6. The quantitative estimate of drug-likeness (QED) is 0.205. The third-order valence-corrected chi connectivity index (χ3v) is 12.8. The van der Waals surface area contributed by atoms with Crippen molar-refractivity contribution in [1.29, 1.82) is 0 Å². The summed E-state index contributed by atoms with van der Waals surface area (Å²) < 4.78 is 90.9. The summed E-state index contributed by atoms with van der Waals surface area (Å²) in [5.74, 6) is -15.7. The lowest BCUT2D eigenvalue weighted by Crippen LogP contribution is -2.48. The van der Waals surface area contributed by atoms with Crippen molar-refractivity contribution in [2.75, 3.05) is 0 Å². The van der Waals surface area contributed by atoms with Gasteiger partial charge in [0.25, 0.3) is 0 Å². The molecule has 4 aromatic carbocycles. The van der Waals surface area contributed by atoms with Crippen LogP contribution in [0, 0.1) is 0 Å². The second-order valence-electron chi connectivity index (χ2n) is 11.6. The van der Waals surface area contributed by atoms with Crippen LogP contribution in [0.2, 0.25) is 0 Å². The van der Waals surface area contributed by atoms with Crippen LogP contribution in [-0.4, -0.2) is 27.3 Å². The number of fused-ring (bicyclic) bond motifs is 6. The normalized spacial score (nSPS) is 28.2. The van der Waals surface area contributed by atoms with E-state index in [0.717, 1.165) is 32.7 Å². The van der Waals surface area contributed by atoms with Crippen molar-refractivity contribution in [2.24, 2.45) is 0 Å². The Hall–Kier alpha value is -3.36. The Kier molecular flexibility index (Phi) is 5.33. The first-order valence-electron chi connectivity index (χ1n) is 13.7. The summed E-state index contributed by atoms with van der Waals surface area (Å²) in [7, 11) is 0.